The Kier molecular flexibility index (Phi) is 6.15. The van der Waals surface area contributed by atoms with E-state index in [1.165, 1.54) is 37.5 Å². The van der Waals surface area contributed by atoms with Gasteiger partial charge in [-0.2, -0.15) is 0 Å². The van der Waals surface area contributed by atoms with Crippen LogP contribution in [0.15, 0.2) is 40.8 Å². The van der Waals surface area contributed by atoms with E-state index >= 15 is 0 Å². The van der Waals surface area contributed by atoms with Crippen LogP contribution in [-0.2, 0) is 24.3 Å². The molecule has 0 aromatic heterocycles. The number of rotatable bonds is 5. The van der Waals surface area contributed by atoms with Gasteiger partial charge in [0.1, 0.15) is 0 Å². The van der Waals surface area contributed by atoms with E-state index in [9.17, 15) is 18.0 Å². The Morgan fingerprint density at radius 2 is 2.04 bits per heavy atom. The van der Waals surface area contributed by atoms with Crippen molar-refractivity contribution in [2.75, 3.05) is 7.11 Å². The molecule has 0 heterocycles. The molecule has 0 amide bonds. The number of nitrogens with one attached hydrogen (secondary N) is 1. The van der Waals surface area contributed by atoms with Gasteiger partial charge in [-0.1, -0.05) is 17.7 Å². The lowest BCUT2D eigenvalue weighted by molar-refractivity contribution is -0.139. The molecule has 8 heteroatoms. The maximum atomic E-state index is 12.4. The van der Waals surface area contributed by atoms with Crippen molar-refractivity contribution >= 4 is 33.4 Å². The Labute approximate surface area is 145 Å². The highest BCUT2D eigenvalue weighted by atomic mass is 35.5. The Bertz CT molecular complexity index is 755. The van der Waals surface area contributed by atoms with E-state index in [0.29, 0.717) is 17.0 Å². The molecule has 6 nitrogen and oxygen atoms in total. The first kappa shape index (κ1) is 18.6. The molecule has 1 aliphatic carbocycles. The first-order chi connectivity index (χ1) is 11.3. The number of ketones is 1. The third kappa shape index (κ3) is 4.90. The van der Waals surface area contributed by atoms with Gasteiger partial charge in [-0.05, 0) is 42.7 Å². The fourth-order valence-corrected chi connectivity index (χ4v) is 3.83. The molecule has 1 aromatic rings. The van der Waals surface area contributed by atoms with Crippen molar-refractivity contribution in [3.05, 3.63) is 40.9 Å². The minimum Gasteiger partial charge on any atom is -0.469 e. The van der Waals surface area contributed by atoms with E-state index in [-0.39, 0.29) is 29.9 Å². The summed E-state index contributed by atoms with van der Waals surface area (Å²) in [4.78, 5) is 23.2. The van der Waals surface area contributed by atoms with Crippen LogP contribution < -0.4 is 4.72 Å². The van der Waals surface area contributed by atoms with Crippen LogP contribution in [0.2, 0.25) is 5.02 Å². The van der Waals surface area contributed by atoms with Crippen LogP contribution in [0.4, 0.5) is 0 Å². The maximum absolute atomic E-state index is 12.4. The van der Waals surface area contributed by atoms with Gasteiger partial charge in [0, 0.05) is 17.5 Å². The second kappa shape index (κ2) is 7.92. The first-order valence-electron chi connectivity index (χ1n) is 7.39. The van der Waals surface area contributed by atoms with Gasteiger partial charge in [0.05, 0.1) is 18.4 Å². The minimum atomic E-state index is -3.69. The molecule has 0 bridgehead atoms. The van der Waals surface area contributed by atoms with Crippen molar-refractivity contribution in [1.29, 1.82) is 0 Å². The third-order valence-electron chi connectivity index (χ3n) is 3.73. The van der Waals surface area contributed by atoms with Crippen LogP contribution in [0.3, 0.4) is 0 Å². The van der Waals surface area contributed by atoms with Crippen molar-refractivity contribution in [2.24, 2.45) is 0 Å². The Morgan fingerprint density at radius 1 is 1.38 bits per heavy atom. The van der Waals surface area contributed by atoms with Gasteiger partial charge in [0.2, 0.25) is 10.0 Å². The van der Waals surface area contributed by atoms with Gasteiger partial charge in [-0.15, -0.1) is 0 Å². The molecular formula is C16H18ClNO5S. The summed E-state index contributed by atoms with van der Waals surface area (Å²) < 4.78 is 31.9. The van der Waals surface area contributed by atoms with E-state index in [2.05, 4.69) is 9.46 Å². The molecule has 1 aromatic carbocycles. The molecule has 1 N–H and O–H groups in total. The highest BCUT2D eigenvalue weighted by molar-refractivity contribution is 7.89. The molecule has 0 aliphatic heterocycles. The lowest BCUT2D eigenvalue weighted by Crippen LogP contribution is -2.38. The van der Waals surface area contributed by atoms with Gasteiger partial charge >= 0.3 is 5.97 Å². The fraction of sp³-hybridized carbons (Fsp3) is 0.375. The van der Waals surface area contributed by atoms with Gasteiger partial charge in [0.15, 0.2) is 5.78 Å². The molecular weight excluding hydrogens is 354 g/mol. The van der Waals surface area contributed by atoms with E-state index in [1.54, 1.807) is 0 Å². The zero-order chi connectivity index (χ0) is 17.7. The molecule has 0 spiro atoms. The van der Waals surface area contributed by atoms with E-state index in [0.717, 1.165) is 0 Å². The number of hydrogen-bond donors (Lipinski definition) is 1. The van der Waals surface area contributed by atoms with Crippen LogP contribution in [0.5, 0.6) is 0 Å². The van der Waals surface area contributed by atoms with Crippen molar-refractivity contribution in [2.45, 2.75) is 36.6 Å². The standard InChI is InChI=1S/C16H18ClNO5S/c1-23-16(20)9-2-11-10-13(5-8-15(11)19)18-24(21,22)14-6-3-12(17)4-7-14/h2-4,6-7,13,18H,5,8-10H2,1H3. The van der Waals surface area contributed by atoms with Gasteiger partial charge in [0.25, 0.3) is 0 Å². The predicted octanol–water partition coefficient (Wildman–Crippen LogP) is 2.23. The lowest BCUT2D eigenvalue weighted by atomic mass is 9.89. The molecule has 2 rings (SSSR count). The third-order valence-corrected chi connectivity index (χ3v) is 5.52. The molecule has 1 unspecified atom stereocenters. The minimum absolute atomic E-state index is 0.00573. The number of Topliss-reactive ketones (excluding diaryl/α,β-unsaturated/α-hetero) is 1. The molecule has 130 valence electrons. The topological polar surface area (TPSA) is 89.5 Å². The summed E-state index contributed by atoms with van der Waals surface area (Å²) in [7, 11) is -2.42. The number of sulfonamides is 1. The number of methoxy groups -OCH3 is 1. The summed E-state index contributed by atoms with van der Waals surface area (Å²) in [5.74, 6) is -0.514. The Morgan fingerprint density at radius 3 is 2.67 bits per heavy atom. The summed E-state index contributed by atoms with van der Waals surface area (Å²) in [5.41, 5.74) is 0.454. The smallest absolute Gasteiger partial charge is 0.309 e. The fourth-order valence-electron chi connectivity index (χ4n) is 2.44. The molecule has 1 atom stereocenters. The van der Waals surface area contributed by atoms with Crippen LogP contribution >= 0.6 is 11.6 Å². The number of ether oxygens (including phenoxy) is 1. The number of hydrogen-bond acceptors (Lipinski definition) is 5. The predicted molar refractivity (Wildman–Crippen MR) is 89.1 cm³/mol. The van der Waals surface area contributed by atoms with E-state index in [1.807, 2.05) is 0 Å². The van der Waals surface area contributed by atoms with E-state index < -0.39 is 22.0 Å². The molecule has 24 heavy (non-hydrogen) atoms. The number of carbonyl (C=O) groups is 2. The second-order valence-electron chi connectivity index (χ2n) is 5.45. The SMILES string of the molecule is COC(=O)CC=C1CC(NS(=O)(=O)c2ccc(Cl)cc2)CCC1=O. The van der Waals surface area contributed by atoms with Crippen LogP contribution in [0.25, 0.3) is 0 Å². The molecule has 1 saturated carbocycles. The van der Waals surface area contributed by atoms with Crippen LogP contribution in [0.1, 0.15) is 25.7 Å². The number of carbonyl (C=O) groups excluding carboxylic acids is 2. The Balaban J connectivity index is 2.08. The number of halogens is 1. The van der Waals surface area contributed by atoms with Gasteiger partial charge in [-0.3, -0.25) is 9.59 Å². The zero-order valence-corrected chi connectivity index (χ0v) is 14.7. The van der Waals surface area contributed by atoms with Crippen LogP contribution in [-0.4, -0.2) is 33.3 Å². The normalized spacial score (nSPS) is 20.2. The first-order valence-corrected chi connectivity index (χ1v) is 9.25. The number of esters is 1. The molecule has 1 fully saturated rings. The van der Waals surface area contributed by atoms with Gasteiger partial charge < -0.3 is 4.74 Å². The van der Waals surface area contributed by atoms with Crippen molar-refractivity contribution < 1.29 is 22.7 Å². The van der Waals surface area contributed by atoms with Gasteiger partial charge in [-0.25, -0.2) is 13.1 Å². The summed E-state index contributed by atoms with van der Waals surface area (Å²) in [6.45, 7) is 0. The highest BCUT2D eigenvalue weighted by Gasteiger charge is 2.27. The largest absolute Gasteiger partial charge is 0.469 e. The second-order valence-corrected chi connectivity index (χ2v) is 7.60. The van der Waals surface area contributed by atoms with Crippen molar-refractivity contribution in [3.63, 3.8) is 0 Å². The summed E-state index contributed by atoms with van der Waals surface area (Å²) in [5, 5.41) is 0.449. The van der Waals surface area contributed by atoms with Crippen molar-refractivity contribution in [3.8, 4) is 0 Å². The zero-order valence-electron chi connectivity index (χ0n) is 13.1. The molecule has 0 saturated heterocycles. The average Bonchev–Trinajstić information content (AvgIpc) is 2.55. The van der Waals surface area contributed by atoms with E-state index in [4.69, 9.17) is 11.6 Å². The highest BCUT2D eigenvalue weighted by Crippen LogP contribution is 2.23. The Hall–Kier alpha value is -1.70. The monoisotopic (exact) mass is 371 g/mol. The maximum Gasteiger partial charge on any atom is 0.309 e. The molecule has 1 aliphatic rings. The number of benzene rings is 1. The summed E-state index contributed by atoms with van der Waals surface area (Å²) in [6.07, 6.45) is 2.41. The lowest BCUT2D eigenvalue weighted by Gasteiger charge is -2.24. The summed E-state index contributed by atoms with van der Waals surface area (Å²) >= 11 is 5.76. The van der Waals surface area contributed by atoms with Crippen molar-refractivity contribution in [1.82, 2.24) is 4.72 Å². The summed E-state index contributed by atoms with van der Waals surface area (Å²) in [6, 6.07) is 5.45. The quantitative estimate of drug-likeness (QED) is 0.633. The van der Waals surface area contributed by atoms with Crippen LogP contribution in [0, 0.1) is 0 Å². The average molecular weight is 372 g/mol. The molecule has 0 radical (unpaired) electrons.